The van der Waals surface area contributed by atoms with Gasteiger partial charge in [0.25, 0.3) is 17.4 Å². The number of nitrogens with one attached hydrogen (secondary N) is 2. The summed E-state index contributed by atoms with van der Waals surface area (Å²) >= 11 is 0. The van der Waals surface area contributed by atoms with E-state index in [4.69, 9.17) is 0 Å². The number of carbonyl (C=O) groups excluding carboxylic acids is 4. The Morgan fingerprint density at radius 1 is 0.722 bits per heavy atom. The first kappa shape index (κ1) is 49.1. The van der Waals surface area contributed by atoms with E-state index in [1.807, 2.05) is 46.3 Å². The summed E-state index contributed by atoms with van der Waals surface area (Å²) in [6.07, 6.45) is 7.74. The van der Waals surface area contributed by atoms with Crippen LogP contribution >= 0.6 is 0 Å². The molecular weight excluding hydrogens is 916 g/mol. The van der Waals surface area contributed by atoms with Gasteiger partial charge < -0.3 is 24.9 Å². The van der Waals surface area contributed by atoms with Gasteiger partial charge in [0, 0.05) is 133 Å². The van der Waals surface area contributed by atoms with Gasteiger partial charge in [-0.05, 0) is 86.1 Å². The van der Waals surface area contributed by atoms with Crippen LogP contribution in [0.5, 0.6) is 0 Å². The molecule has 3 aromatic carbocycles. The smallest absolute Gasteiger partial charge is 0.272 e. The van der Waals surface area contributed by atoms with Crippen LogP contribution in [-0.4, -0.2) is 189 Å². The molecular formula is C54H65FN12O5. The van der Waals surface area contributed by atoms with Crippen molar-refractivity contribution in [3.63, 3.8) is 0 Å². The number of fused-ring (bicyclic) bond motifs is 2. The minimum Gasteiger partial charge on any atom is -0.351 e. The zero-order valence-electron chi connectivity index (χ0n) is 41.0. The molecule has 10 rings (SSSR count). The van der Waals surface area contributed by atoms with Crippen LogP contribution in [0.3, 0.4) is 0 Å². The molecule has 0 saturated carbocycles. The van der Waals surface area contributed by atoms with Crippen LogP contribution in [0.2, 0.25) is 0 Å². The van der Waals surface area contributed by atoms with Crippen molar-refractivity contribution >= 4 is 34.4 Å². The monoisotopic (exact) mass is 981 g/mol. The van der Waals surface area contributed by atoms with Crippen LogP contribution in [0.25, 0.3) is 10.8 Å². The number of hydrogen-bond donors (Lipinski definition) is 2. The fraction of sp³-hybridized carbons (Fsp3) is 0.481. The van der Waals surface area contributed by atoms with Crippen LogP contribution in [0.15, 0.2) is 84.0 Å². The van der Waals surface area contributed by atoms with Crippen molar-refractivity contribution in [2.75, 3.05) is 111 Å². The number of piperidine rings is 2. The normalized spacial score (nSPS) is 19.7. The molecule has 4 amide bonds. The van der Waals surface area contributed by atoms with Crippen LogP contribution in [-0.2, 0) is 29.1 Å². The number of hydrogen-bond acceptors (Lipinski definition) is 12. The van der Waals surface area contributed by atoms with Gasteiger partial charge in [-0.15, -0.1) is 0 Å². The third-order valence-electron chi connectivity index (χ3n) is 15.5. The lowest BCUT2D eigenvalue weighted by Gasteiger charge is -2.39. The Morgan fingerprint density at radius 3 is 2.28 bits per heavy atom. The molecule has 0 unspecified atom stereocenters. The Balaban J connectivity index is 0.598. The largest absolute Gasteiger partial charge is 0.351 e. The van der Waals surface area contributed by atoms with E-state index in [0.717, 1.165) is 101 Å². The van der Waals surface area contributed by atoms with E-state index in [1.165, 1.54) is 6.07 Å². The SMILES string of the molecule is O=C(NCCN1CCN(CC2CCN(CC(=O)N3CCN(C(=O)c4cc(Cc5n[nH]c(=O)c6ccccc56)ccc4F)CC3)CC2)CC1)c1cccc([C@H]2CCCN(C(=O)CN3Cc4cncnc4C3)C2)c1. The van der Waals surface area contributed by atoms with Crippen molar-refractivity contribution in [1.82, 2.24) is 59.8 Å². The summed E-state index contributed by atoms with van der Waals surface area (Å²) < 4.78 is 15.1. The molecule has 5 aliphatic heterocycles. The van der Waals surface area contributed by atoms with Gasteiger partial charge in [0.15, 0.2) is 0 Å². The number of halogens is 1. The lowest BCUT2D eigenvalue weighted by molar-refractivity contribution is -0.134. The van der Waals surface area contributed by atoms with E-state index in [-0.39, 0.29) is 34.8 Å². The predicted octanol–water partition coefficient (Wildman–Crippen LogP) is 3.21. The number of carbonyl (C=O) groups is 4. The molecule has 0 bridgehead atoms. The van der Waals surface area contributed by atoms with Gasteiger partial charge in [-0.3, -0.25) is 38.7 Å². The maximum absolute atomic E-state index is 15.1. The first-order chi connectivity index (χ1) is 35.1. The predicted molar refractivity (Wildman–Crippen MR) is 270 cm³/mol. The highest BCUT2D eigenvalue weighted by Gasteiger charge is 2.31. The van der Waals surface area contributed by atoms with Gasteiger partial charge in [0.1, 0.15) is 12.1 Å². The highest BCUT2D eigenvalue weighted by atomic mass is 19.1. The second-order valence-electron chi connectivity index (χ2n) is 20.3. The zero-order chi connectivity index (χ0) is 49.6. The lowest BCUT2D eigenvalue weighted by atomic mass is 9.89. The topological polar surface area (TPSA) is 175 Å². The van der Waals surface area contributed by atoms with Crippen LogP contribution in [0.4, 0.5) is 4.39 Å². The molecule has 4 fully saturated rings. The fourth-order valence-electron chi connectivity index (χ4n) is 11.3. The zero-order valence-corrected chi connectivity index (χ0v) is 41.0. The first-order valence-electron chi connectivity index (χ1n) is 25.7. The van der Waals surface area contributed by atoms with Crippen molar-refractivity contribution < 1.29 is 23.6 Å². The van der Waals surface area contributed by atoms with Gasteiger partial charge in [0.2, 0.25) is 11.8 Å². The molecule has 378 valence electrons. The average Bonchev–Trinajstić information content (AvgIpc) is 3.83. The summed E-state index contributed by atoms with van der Waals surface area (Å²) in [5, 5.41) is 11.2. The second-order valence-corrected chi connectivity index (χ2v) is 20.3. The Labute approximate surface area is 419 Å². The van der Waals surface area contributed by atoms with E-state index in [2.05, 4.69) is 51.1 Å². The number of nitrogens with zero attached hydrogens (tertiary/aromatic N) is 10. The van der Waals surface area contributed by atoms with E-state index < -0.39 is 11.7 Å². The Morgan fingerprint density at radius 2 is 1.47 bits per heavy atom. The average molecular weight is 981 g/mol. The molecule has 2 N–H and O–H groups in total. The van der Waals surface area contributed by atoms with Gasteiger partial charge in [0.05, 0.1) is 35.4 Å². The number of H-pyrrole nitrogens is 1. The molecule has 72 heavy (non-hydrogen) atoms. The number of aromatic nitrogens is 4. The molecule has 1 atom stereocenters. The first-order valence-corrected chi connectivity index (χ1v) is 25.7. The van der Waals surface area contributed by atoms with Crippen molar-refractivity contribution in [3.05, 3.63) is 135 Å². The van der Waals surface area contributed by atoms with Crippen molar-refractivity contribution in [2.45, 2.75) is 51.1 Å². The Kier molecular flexibility index (Phi) is 15.4. The van der Waals surface area contributed by atoms with Crippen LogP contribution < -0.4 is 10.9 Å². The van der Waals surface area contributed by atoms with Gasteiger partial charge in [-0.1, -0.05) is 36.4 Å². The van der Waals surface area contributed by atoms with Gasteiger partial charge in [-0.2, -0.15) is 5.10 Å². The quantitative estimate of drug-likeness (QED) is 0.167. The molecule has 7 heterocycles. The lowest BCUT2D eigenvalue weighted by Crippen LogP contribution is -2.53. The number of benzene rings is 3. The molecule has 0 spiro atoms. The number of amides is 4. The summed E-state index contributed by atoms with van der Waals surface area (Å²) in [5.41, 5.74) is 4.90. The molecule has 4 saturated heterocycles. The molecule has 5 aromatic rings. The summed E-state index contributed by atoms with van der Waals surface area (Å²) in [4.78, 5) is 89.2. The minimum absolute atomic E-state index is 0.0119. The van der Waals surface area contributed by atoms with Crippen molar-refractivity contribution in [2.24, 2.45) is 5.92 Å². The van der Waals surface area contributed by atoms with Gasteiger partial charge in [-0.25, -0.2) is 19.5 Å². The summed E-state index contributed by atoms with van der Waals surface area (Å²) in [5.74, 6) is -0.0839. The van der Waals surface area contributed by atoms with E-state index in [0.29, 0.717) is 105 Å². The molecule has 0 radical (unpaired) electrons. The Bertz CT molecular complexity index is 2800. The number of rotatable bonds is 14. The number of aromatic amines is 1. The van der Waals surface area contributed by atoms with Crippen molar-refractivity contribution in [3.8, 4) is 0 Å². The Hall–Kier alpha value is -6.47. The fourth-order valence-corrected chi connectivity index (χ4v) is 11.3. The highest BCUT2D eigenvalue weighted by molar-refractivity contribution is 5.95. The maximum atomic E-state index is 15.1. The molecule has 5 aliphatic rings. The number of likely N-dealkylation sites (tertiary alicyclic amines) is 2. The minimum atomic E-state index is -0.596. The second kappa shape index (κ2) is 22.5. The summed E-state index contributed by atoms with van der Waals surface area (Å²) in [7, 11) is 0. The van der Waals surface area contributed by atoms with E-state index in [9.17, 15) is 24.0 Å². The van der Waals surface area contributed by atoms with Crippen LogP contribution in [0.1, 0.15) is 80.4 Å². The molecule has 2 aromatic heterocycles. The number of piperazine rings is 2. The summed E-state index contributed by atoms with van der Waals surface area (Å²) in [6.45, 7) is 13.1. The van der Waals surface area contributed by atoms with Crippen LogP contribution in [0, 0.1) is 11.7 Å². The van der Waals surface area contributed by atoms with Gasteiger partial charge >= 0.3 is 0 Å². The highest BCUT2D eigenvalue weighted by Crippen LogP contribution is 2.29. The summed E-state index contributed by atoms with van der Waals surface area (Å²) in [6, 6.07) is 19.6. The molecule has 0 aliphatic carbocycles. The third-order valence-corrected chi connectivity index (χ3v) is 15.5. The van der Waals surface area contributed by atoms with E-state index >= 15 is 4.39 Å². The molecule has 18 heteroatoms. The van der Waals surface area contributed by atoms with E-state index in [1.54, 1.807) is 35.5 Å². The standard InChI is InChI=1S/C54H65FN12O5/c55-47-11-10-39(28-48-44-8-1-2-9-45(44)53(71)60-59-48)27-46(47)54(72)66-25-23-65(24-26-66)50(68)35-62-16-12-38(13-17-62)31-63-21-19-61(20-22-63)18-14-57-52(70)41-6-3-5-40(29-41)42-7-4-15-67(33-42)51(69)36-64-32-43-30-56-37-58-49(43)34-64/h1-3,5-6,8-11,27,29-30,37-38,42H,4,7,12-26,28,31-36H2,(H,57,70)(H,60,71)/t42-/m0/s1. The third kappa shape index (κ3) is 11.7. The maximum Gasteiger partial charge on any atom is 0.272 e. The van der Waals surface area contributed by atoms with Crippen molar-refractivity contribution in [1.29, 1.82) is 0 Å². The molecule has 17 nitrogen and oxygen atoms in total.